The Morgan fingerprint density at radius 3 is 2.46 bits per heavy atom. The zero-order chi connectivity index (χ0) is 26.4. The van der Waals surface area contributed by atoms with Crippen molar-refractivity contribution in [1.29, 1.82) is 0 Å². The maximum Gasteiger partial charge on any atom is 0.183 e. The van der Waals surface area contributed by atoms with Crippen molar-refractivity contribution in [3.63, 3.8) is 0 Å². The Balaban J connectivity index is 1.10. The average Bonchev–Trinajstić information content (AvgIpc) is 3.43. The number of pyridine rings is 1. The summed E-state index contributed by atoms with van der Waals surface area (Å²) < 4.78 is 5.87. The molecule has 0 atom stereocenters. The fourth-order valence-electron chi connectivity index (χ4n) is 5.10. The van der Waals surface area contributed by atoms with Gasteiger partial charge in [0.25, 0.3) is 0 Å². The van der Waals surface area contributed by atoms with Gasteiger partial charge in [0.15, 0.2) is 10.9 Å². The van der Waals surface area contributed by atoms with Gasteiger partial charge in [-0.3, -0.25) is 19.7 Å². The molecule has 198 valence electrons. The second-order valence-corrected chi connectivity index (χ2v) is 10.9. The van der Waals surface area contributed by atoms with Gasteiger partial charge in [-0.05, 0) is 30.0 Å². The SMILES string of the molecule is O=C1CC(COCc2ccccc2)=Nc2c1ccnc2-c1csc(NC2CCN(Cc3ccccc3)CC2)n1. The Hall–Kier alpha value is -3.72. The predicted octanol–water partition coefficient (Wildman–Crippen LogP) is 6.16. The minimum absolute atomic E-state index is 0.0396. The molecule has 0 aliphatic carbocycles. The Labute approximate surface area is 232 Å². The highest BCUT2D eigenvalue weighted by molar-refractivity contribution is 7.14. The summed E-state index contributed by atoms with van der Waals surface area (Å²) in [5, 5.41) is 6.50. The van der Waals surface area contributed by atoms with Crippen molar-refractivity contribution in [1.82, 2.24) is 14.9 Å². The van der Waals surface area contributed by atoms with Crippen molar-refractivity contribution >= 4 is 33.7 Å². The lowest BCUT2D eigenvalue weighted by Crippen LogP contribution is -2.38. The number of carbonyl (C=O) groups excluding carboxylic acids is 1. The minimum atomic E-state index is 0.0396. The first kappa shape index (κ1) is 25.6. The summed E-state index contributed by atoms with van der Waals surface area (Å²) in [6, 6.07) is 22.8. The Kier molecular flexibility index (Phi) is 7.85. The van der Waals surface area contributed by atoms with E-state index in [9.17, 15) is 4.79 Å². The fourth-order valence-corrected chi connectivity index (χ4v) is 5.88. The summed E-state index contributed by atoms with van der Waals surface area (Å²) in [4.78, 5) is 29.7. The van der Waals surface area contributed by atoms with Crippen molar-refractivity contribution in [3.8, 4) is 11.4 Å². The maximum absolute atomic E-state index is 12.9. The molecular weight excluding hydrogens is 506 g/mol. The van der Waals surface area contributed by atoms with Crippen LogP contribution >= 0.6 is 11.3 Å². The second kappa shape index (κ2) is 12.0. The number of hydrogen-bond acceptors (Lipinski definition) is 8. The summed E-state index contributed by atoms with van der Waals surface area (Å²) in [5.74, 6) is 0.0396. The molecule has 0 amide bonds. The van der Waals surface area contributed by atoms with Gasteiger partial charge in [-0.15, -0.1) is 11.3 Å². The lowest BCUT2D eigenvalue weighted by molar-refractivity contribution is 0.0993. The van der Waals surface area contributed by atoms with Gasteiger partial charge in [-0.25, -0.2) is 4.98 Å². The van der Waals surface area contributed by atoms with Gasteiger partial charge >= 0.3 is 0 Å². The summed E-state index contributed by atoms with van der Waals surface area (Å²) in [7, 11) is 0. The highest BCUT2D eigenvalue weighted by Gasteiger charge is 2.25. The first-order valence-electron chi connectivity index (χ1n) is 13.4. The average molecular weight is 538 g/mol. The summed E-state index contributed by atoms with van der Waals surface area (Å²) >= 11 is 1.57. The number of rotatable bonds is 9. The number of likely N-dealkylation sites (tertiary alicyclic amines) is 1. The predicted molar refractivity (Wildman–Crippen MR) is 156 cm³/mol. The van der Waals surface area contributed by atoms with Crippen LogP contribution in [0.4, 0.5) is 10.8 Å². The molecule has 0 saturated carbocycles. The van der Waals surface area contributed by atoms with Crippen LogP contribution in [0.3, 0.4) is 0 Å². The minimum Gasteiger partial charge on any atom is -0.371 e. The molecule has 2 aromatic carbocycles. The smallest absolute Gasteiger partial charge is 0.183 e. The van der Waals surface area contributed by atoms with Crippen LogP contribution in [0.15, 0.2) is 83.3 Å². The number of fused-ring (bicyclic) bond motifs is 1. The Bertz CT molecular complexity index is 1450. The zero-order valence-electron chi connectivity index (χ0n) is 21.8. The number of ketones is 1. The molecule has 39 heavy (non-hydrogen) atoms. The number of aromatic nitrogens is 2. The van der Waals surface area contributed by atoms with Crippen molar-refractivity contribution in [2.24, 2.45) is 4.99 Å². The quantitative estimate of drug-likeness (QED) is 0.276. The van der Waals surface area contributed by atoms with E-state index < -0.39 is 0 Å². The molecule has 0 unspecified atom stereocenters. The van der Waals surface area contributed by atoms with Gasteiger partial charge in [-0.2, -0.15) is 0 Å². The number of Topliss-reactive ketones (excluding diaryl/α,β-unsaturated/α-hetero) is 1. The molecule has 4 aromatic rings. The molecule has 1 fully saturated rings. The van der Waals surface area contributed by atoms with E-state index in [0.717, 1.165) is 48.9 Å². The third-order valence-electron chi connectivity index (χ3n) is 7.15. The van der Waals surface area contributed by atoms with Crippen LogP contribution in [0.25, 0.3) is 11.4 Å². The fraction of sp³-hybridized carbons (Fsp3) is 0.290. The van der Waals surface area contributed by atoms with Crippen molar-refractivity contribution in [3.05, 3.63) is 95.0 Å². The molecule has 1 N–H and O–H groups in total. The van der Waals surface area contributed by atoms with E-state index in [2.05, 4.69) is 45.5 Å². The standard InChI is InChI=1S/C31H31N5O2S/c37-28-17-25(20-38-19-23-9-5-2-6-10-23)33-29-26(28)11-14-32-30(29)27-21-39-31(35-27)34-24-12-15-36(16-13-24)18-22-7-3-1-4-8-22/h1-11,14,21,24H,12-13,15-20H2,(H,34,35). The van der Waals surface area contributed by atoms with Gasteiger partial charge in [0.05, 0.1) is 25.3 Å². The monoisotopic (exact) mass is 537 g/mol. The molecule has 6 rings (SSSR count). The Morgan fingerprint density at radius 2 is 1.69 bits per heavy atom. The number of hydrogen-bond donors (Lipinski definition) is 1. The summed E-state index contributed by atoms with van der Waals surface area (Å²) in [6.45, 7) is 3.90. The number of thiazole rings is 1. The molecule has 1 saturated heterocycles. The first-order valence-corrected chi connectivity index (χ1v) is 14.3. The summed E-state index contributed by atoms with van der Waals surface area (Å²) in [5.41, 5.74) is 5.74. The molecular formula is C31H31N5O2S. The molecule has 0 spiro atoms. The van der Waals surface area contributed by atoms with Gasteiger partial charge in [0.1, 0.15) is 17.1 Å². The lowest BCUT2D eigenvalue weighted by atomic mass is 9.99. The number of piperidine rings is 1. The molecule has 4 heterocycles. The van der Waals surface area contributed by atoms with Crippen LogP contribution in [0.2, 0.25) is 0 Å². The summed E-state index contributed by atoms with van der Waals surface area (Å²) in [6.07, 6.45) is 4.09. The third-order valence-corrected chi connectivity index (χ3v) is 7.92. The van der Waals surface area contributed by atoms with E-state index in [4.69, 9.17) is 14.7 Å². The van der Waals surface area contributed by atoms with E-state index in [1.54, 1.807) is 23.6 Å². The van der Waals surface area contributed by atoms with Gasteiger partial charge in [0, 0.05) is 42.8 Å². The van der Waals surface area contributed by atoms with Crippen LogP contribution in [0, 0.1) is 0 Å². The highest BCUT2D eigenvalue weighted by atomic mass is 32.1. The molecule has 2 aromatic heterocycles. The normalized spacial score (nSPS) is 16.1. The number of ether oxygens (including phenoxy) is 1. The third kappa shape index (κ3) is 6.30. The van der Waals surface area contributed by atoms with Crippen molar-refractivity contribution in [2.45, 2.75) is 38.5 Å². The van der Waals surface area contributed by atoms with Crippen LogP contribution in [-0.4, -0.2) is 52.1 Å². The topological polar surface area (TPSA) is 79.7 Å². The number of nitrogens with one attached hydrogen (secondary N) is 1. The molecule has 0 bridgehead atoms. The molecule has 2 aliphatic heterocycles. The van der Waals surface area contributed by atoms with E-state index >= 15 is 0 Å². The van der Waals surface area contributed by atoms with Crippen molar-refractivity contribution in [2.75, 3.05) is 25.0 Å². The largest absolute Gasteiger partial charge is 0.371 e. The van der Waals surface area contributed by atoms with Crippen LogP contribution in [0.1, 0.15) is 40.7 Å². The van der Waals surface area contributed by atoms with Gasteiger partial charge in [0.2, 0.25) is 0 Å². The van der Waals surface area contributed by atoms with E-state index in [1.165, 1.54) is 5.56 Å². The number of nitrogens with zero attached hydrogens (tertiary/aromatic N) is 4. The van der Waals surface area contributed by atoms with Crippen molar-refractivity contribution < 1.29 is 9.53 Å². The van der Waals surface area contributed by atoms with Gasteiger partial charge < -0.3 is 10.1 Å². The highest BCUT2D eigenvalue weighted by Crippen LogP contribution is 2.36. The lowest BCUT2D eigenvalue weighted by Gasteiger charge is -2.32. The molecule has 8 heteroatoms. The van der Waals surface area contributed by atoms with E-state index in [1.807, 2.05) is 35.7 Å². The zero-order valence-corrected chi connectivity index (χ0v) is 22.6. The number of benzene rings is 2. The first-order chi connectivity index (χ1) is 19.2. The maximum atomic E-state index is 12.9. The number of aliphatic imine (C=N–C) groups is 1. The number of anilines is 1. The molecule has 0 radical (unpaired) electrons. The second-order valence-electron chi connectivity index (χ2n) is 10.0. The van der Waals surface area contributed by atoms with Crippen LogP contribution in [0.5, 0.6) is 0 Å². The molecule has 2 aliphatic rings. The van der Waals surface area contributed by atoms with Gasteiger partial charge in [-0.1, -0.05) is 60.7 Å². The Morgan fingerprint density at radius 1 is 0.949 bits per heavy atom. The van der Waals surface area contributed by atoms with Crippen LogP contribution < -0.4 is 5.32 Å². The number of carbonyl (C=O) groups is 1. The van der Waals surface area contributed by atoms with Crippen LogP contribution in [-0.2, 0) is 17.9 Å². The van der Waals surface area contributed by atoms with E-state index in [0.29, 0.717) is 41.9 Å². The molecule has 7 nitrogen and oxygen atoms in total. The van der Waals surface area contributed by atoms with E-state index in [-0.39, 0.29) is 12.2 Å².